The van der Waals surface area contributed by atoms with Crippen LogP contribution in [-0.2, 0) is 11.3 Å². The molecule has 4 heterocycles. The van der Waals surface area contributed by atoms with Crippen molar-refractivity contribution < 1.29 is 9.26 Å². The minimum atomic E-state index is -0.0232. The smallest absolute Gasteiger partial charge is 0.222 e. The second kappa shape index (κ2) is 7.65. The zero-order chi connectivity index (χ0) is 17.8. The summed E-state index contributed by atoms with van der Waals surface area (Å²) >= 11 is 0. The lowest BCUT2D eigenvalue weighted by Crippen LogP contribution is -2.11. The van der Waals surface area contributed by atoms with Gasteiger partial charge in [-0.2, -0.15) is 0 Å². The lowest BCUT2D eigenvalue weighted by Gasteiger charge is -2.14. The molecule has 8 nitrogen and oxygen atoms in total. The van der Waals surface area contributed by atoms with E-state index in [9.17, 15) is 0 Å². The SMILES string of the molecule is Cc1cc(-c2cnc(NCCCn3ccnc3)nc2[C@H]2CCCO2)on1. The number of imidazole rings is 1. The molecule has 0 aliphatic carbocycles. The van der Waals surface area contributed by atoms with Gasteiger partial charge in [0.1, 0.15) is 6.10 Å². The Morgan fingerprint density at radius 2 is 2.35 bits per heavy atom. The first kappa shape index (κ1) is 16.7. The van der Waals surface area contributed by atoms with Gasteiger partial charge in [0.25, 0.3) is 0 Å². The zero-order valence-corrected chi connectivity index (χ0v) is 14.8. The van der Waals surface area contributed by atoms with Gasteiger partial charge in [0.15, 0.2) is 5.76 Å². The van der Waals surface area contributed by atoms with Gasteiger partial charge in [0, 0.05) is 44.4 Å². The highest BCUT2D eigenvalue weighted by molar-refractivity contribution is 5.61. The molecule has 1 aliphatic rings. The van der Waals surface area contributed by atoms with E-state index in [1.165, 1.54) is 0 Å². The van der Waals surface area contributed by atoms with Crippen LogP contribution < -0.4 is 5.32 Å². The Morgan fingerprint density at radius 1 is 1.38 bits per heavy atom. The van der Waals surface area contributed by atoms with Crippen molar-refractivity contribution in [3.05, 3.63) is 42.4 Å². The van der Waals surface area contributed by atoms with E-state index in [1.807, 2.05) is 25.5 Å². The van der Waals surface area contributed by atoms with Gasteiger partial charge in [0.05, 0.1) is 23.3 Å². The van der Waals surface area contributed by atoms with Gasteiger partial charge < -0.3 is 19.1 Å². The Morgan fingerprint density at radius 3 is 3.08 bits per heavy atom. The van der Waals surface area contributed by atoms with E-state index in [2.05, 4.69) is 25.0 Å². The Balaban J connectivity index is 1.48. The van der Waals surface area contributed by atoms with Crippen LogP contribution in [0.1, 0.15) is 36.8 Å². The molecule has 26 heavy (non-hydrogen) atoms. The van der Waals surface area contributed by atoms with Gasteiger partial charge in [0.2, 0.25) is 5.95 Å². The lowest BCUT2D eigenvalue weighted by molar-refractivity contribution is 0.109. The summed E-state index contributed by atoms with van der Waals surface area (Å²) < 4.78 is 13.3. The highest BCUT2D eigenvalue weighted by Crippen LogP contribution is 2.34. The molecule has 1 N–H and O–H groups in total. The quantitative estimate of drug-likeness (QED) is 0.652. The van der Waals surface area contributed by atoms with Crippen LogP contribution >= 0.6 is 0 Å². The zero-order valence-electron chi connectivity index (χ0n) is 14.8. The molecule has 1 atom stereocenters. The topological polar surface area (TPSA) is 90.9 Å². The summed E-state index contributed by atoms with van der Waals surface area (Å²) in [5.74, 6) is 1.29. The number of nitrogens with zero attached hydrogens (tertiary/aromatic N) is 5. The molecule has 0 amide bonds. The number of rotatable bonds is 7. The summed E-state index contributed by atoms with van der Waals surface area (Å²) in [5, 5.41) is 7.27. The van der Waals surface area contributed by atoms with Crippen LogP contribution in [0.5, 0.6) is 0 Å². The average Bonchev–Trinajstić information content (AvgIpc) is 3.41. The predicted molar refractivity (Wildman–Crippen MR) is 95.5 cm³/mol. The fourth-order valence-corrected chi connectivity index (χ4v) is 3.08. The third-order valence-corrected chi connectivity index (χ3v) is 4.38. The van der Waals surface area contributed by atoms with E-state index in [4.69, 9.17) is 14.2 Å². The van der Waals surface area contributed by atoms with Crippen LogP contribution in [0.2, 0.25) is 0 Å². The van der Waals surface area contributed by atoms with Gasteiger partial charge in [-0.05, 0) is 26.2 Å². The first-order valence-corrected chi connectivity index (χ1v) is 8.91. The van der Waals surface area contributed by atoms with Gasteiger partial charge >= 0.3 is 0 Å². The van der Waals surface area contributed by atoms with Gasteiger partial charge in [-0.3, -0.25) is 0 Å². The van der Waals surface area contributed by atoms with Crippen molar-refractivity contribution in [2.24, 2.45) is 0 Å². The van der Waals surface area contributed by atoms with E-state index >= 15 is 0 Å². The minimum absolute atomic E-state index is 0.0232. The number of aryl methyl sites for hydroxylation is 2. The first-order chi connectivity index (χ1) is 12.8. The van der Waals surface area contributed by atoms with Crippen LogP contribution in [0.25, 0.3) is 11.3 Å². The van der Waals surface area contributed by atoms with Crippen LogP contribution in [0.15, 0.2) is 35.5 Å². The van der Waals surface area contributed by atoms with E-state index < -0.39 is 0 Å². The molecule has 0 radical (unpaired) electrons. The number of ether oxygens (including phenoxy) is 1. The van der Waals surface area contributed by atoms with E-state index in [0.717, 1.165) is 55.9 Å². The highest BCUT2D eigenvalue weighted by atomic mass is 16.5. The van der Waals surface area contributed by atoms with Gasteiger partial charge in [-0.15, -0.1) is 0 Å². The molecule has 1 aliphatic heterocycles. The normalized spacial score (nSPS) is 16.9. The second-order valence-electron chi connectivity index (χ2n) is 6.41. The molecule has 3 aromatic heterocycles. The number of hydrogen-bond acceptors (Lipinski definition) is 7. The molecule has 136 valence electrons. The maximum Gasteiger partial charge on any atom is 0.222 e. The van der Waals surface area contributed by atoms with Gasteiger partial charge in [-0.1, -0.05) is 5.16 Å². The number of anilines is 1. The van der Waals surface area contributed by atoms with Crippen molar-refractivity contribution >= 4 is 5.95 Å². The fourth-order valence-electron chi connectivity index (χ4n) is 3.08. The van der Waals surface area contributed by atoms with Crippen LogP contribution in [-0.4, -0.2) is 37.8 Å². The Hall–Kier alpha value is -2.74. The largest absolute Gasteiger partial charge is 0.372 e. The standard InChI is InChI=1S/C18H22N6O2/c1-13-10-16(26-23-13)14-11-21-18(22-17(14)15-4-2-9-25-15)20-5-3-7-24-8-6-19-12-24/h6,8,10-12,15H,2-5,7,9H2,1H3,(H,20,21,22)/t15-/m1/s1. The Kier molecular flexibility index (Phi) is 4.92. The molecule has 4 rings (SSSR count). The average molecular weight is 354 g/mol. The van der Waals surface area contributed by atoms with Crippen molar-refractivity contribution in [1.82, 2.24) is 24.7 Å². The molecule has 0 saturated carbocycles. The third-order valence-electron chi connectivity index (χ3n) is 4.38. The van der Waals surface area contributed by atoms with Crippen molar-refractivity contribution in [1.29, 1.82) is 0 Å². The predicted octanol–water partition coefficient (Wildman–Crippen LogP) is 2.99. The molecule has 3 aromatic rings. The summed E-state index contributed by atoms with van der Waals surface area (Å²) in [6, 6.07) is 1.90. The van der Waals surface area contributed by atoms with Crippen molar-refractivity contribution in [3.63, 3.8) is 0 Å². The van der Waals surface area contributed by atoms with Crippen LogP contribution in [0.3, 0.4) is 0 Å². The second-order valence-corrected chi connectivity index (χ2v) is 6.41. The van der Waals surface area contributed by atoms with E-state index in [0.29, 0.717) is 11.7 Å². The van der Waals surface area contributed by atoms with Crippen molar-refractivity contribution in [2.75, 3.05) is 18.5 Å². The molecular weight excluding hydrogens is 332 g/mol. The summed E-state index contributed by atoms with van der Waals surface area (Å²) in [5.41, 5.74) is 2.55. The summed E-state index contributed by atoms with van der Waals surface area (Å²) in [6.07, 6.45) is 10.3. The van der Waals surface area contributed by atoms with Gasteiger partial charge in [-0.25, -0.2) is 15.0 Å². The maximum atomic E-state index is 5.85. The number of hydrogen-bond donors (Lipinski definition) is 1. The molecule has 0 unspecified atom stereocenters. The minimum Gasteiger partial charge on any atom is -0.372 e. The molecule has 1 saturated heterocycles. The van der Waals surface area contributed by atoms with Crippen LogP contribution in [0, 0.1) is 6.92 Å². The molecular formula is C18H22N6O2. The Bertz CT molecular complexity index is 839. The number of aromatic nitrogens is 5. The lowest BCUT2D eigenvalue weighted by atomic mass is 10.1. The molecule has 0 bridgehead atoms. The van der Waals surface area contributed by atoms with E-state index in [1.54, 1.807) is 12.4 Å². The summed E-state index contributed by atoms with van der Waals surface area (Å²) in [4.78, 5) is 13.2. The highest BCUT2D eigenvalue weighted by Gasteiger charge is 2.25. The molecule has 0 spiro atoms. The number of nitrogens with one attached hydrogen (secondary N) is 1. The summed E-state index contributed by atoms with van der Waals surface area (Å²) in [7, 11) is 0. The fraction of sp³-hybridized carbons (Fsp3) is 0.444. The molecule has 8 heteroatoms. The molecule has 0 aromatic carbocycles. The van der Waals surface area contributed by atoms with Crippen LogP contribution in [0.4, 0.5) is 5.95 Å². The monoisotopic (exact) mass is 354 g/mol. The Labute approximate surface area is 151 Å². The van der Waals surface area contributed by atoms with E-state index in [-0.39, 0.29) is 6.10 Å². The molecule has 1 fully saturated rings. The van der Waals surface area contributed by atoms with Crippen molar-refractivity contribution in [2.45, 2.75) is 38.8 Å². The first-order valence-electron chi connectivity index (χ1n) is 8.91. The summed E-state index contributed by atoms with van der Waals surface area (Å²) in [6.45, 7) is 4.35. The van der Waals surface area contributed by atoms with Crippen molar-refractivity contribution in [3.8, 4) is 11.3 Å². The maximum absolute atomic E-state index is 5.85. The third kappa shape index (κ3) is 3.75.